The molecule has 0 spiro atoms. The lowest BCUT2D eigenvalue weighted by Gasteiger charge is -2.14. The molecule has 0 atom stereocenters. The molecule has 9 rings (SSSR count). The van der Waals surface area contributed by atoms with Crippen LogP contribution in [0.3, 0.4) is 0 Å². The second-order valence-corrected chi connectivity index (χ2v) is 10.3. The average molecular weight is 511 g/mol. The van der Waals surface area contributed by atoms with Crippen molar-refractivity contribution in [2.75, 3.05) is 0 Å². The molecule has 0 amide bonds. The zero-order valence-corrected chi connectivity index (χ0v) is 21.5. The van der Waals surface area contributed by atoms with Gasteiger partial charge in [-0.05, 0) is 48.5 Å². The van der Waals surface area contributed by atoms with E-state index in [0.717, 1.165) is 22.6 Å². The third-order valence-corrected chi connectivity index (χ3v) is 8.16. The molecule has 0 unspecified atom stereocenters. The minimum Gasteiger partial charge on any atom is -0.309 e. The molecule has 4 aromatic carbocycles. The Kier molecular flexibility index (Phi) is 4.30. The van der Waals surface area contributed by atoms with E-state index in [1.165, 1.54) is 54.4 Å². The number of benzene rings is 4. The largest absolute Gasteiger partial charge is 0.309 e. The van der Waals surface area contributed by atoms with E-state index in [-0.39, 0.29) is 0 Å². The number of para-hydroxylation sites is 3. The molecule has 0 N–H and O–H groups in total. The molecule has 5 heterocycles. The molecular weight excluding hydrogens is 488 g/mol. The van der Waals surface area contributed by atoms with Crippen LogP contribution in [0.1, 0.15) is 0 Å². The van der Waals surface area contributed by atoms with Crippen molar-refractivity contribution >= 4 is 59.9 Å². The van der Waals surface area contributed by atoms with E-state index in [1.54, 1.807) is 6.20 Å². The molecule has 0 radical (unpaired) electrons. The van der Waals surface area contributed by atoms with Crippen LogP contribution >= 0.6 is 0 Å². The predicted octanol–water partition coefficient (Wildman–Crippen LogP) is 8.95. The molecule has 186 valence electrons. The molecule has 40 heavy (non-hydrogen) atoms. The topological polar surface area (TPSA) is 35.1 Å². The highest BCUT2D eigenvalue weighted by molar-refractivity contribution is 6.28. The Balaban J connectivity index is 1.51. The SMILES string of the molecule is c1cncc(-c2cccc(-n3c4ccccc4c4ccc5c(c6ccccc6n6c7ccccc7cc56)c43)n2)c1. The number of nitrogens with zero attached hydrogens (tertiary/aromatic N) is 4. The summed E-state index contributed by atoms with van der Waals surface area (Å²) in [6.07, 6.45) is 3.66. The molecule has 0 saturated carbocycles. The second kappa shape index (κ2) is 8.01. The van der Waals surface area contributed by atoms with Gasteiger partial charge in [-0.2, -0.15) is 0 Å². The minimum atomic E-state index is 0.893. The van der Waals surface area contributed by atoms with E-state index in [1.807, 2.05) is 12.3 Å². The van der Waals surface area contributed by atoms with Gasteiger partial charge in [0.15, 0.2) is 0 Å². The van der Waals surface area contributed by atoms with Crippen LogP contribution in [-0.4, -0.2) is 18.9 Å². The Morgan fingerprint density at radius 1 is 0.525 bits per heavy atom. The normalized spacial score (nSPS) is 12.0. The van der Waals surface area contributed by atoms with Gasteiger partial charge >= 0.3 is 0 Å². The molecule has 0 aliphatic rings. The summed E-state index contributed by atoms with van der Waals surface area (Å²) < 4.78 is 4.76. The summed E-state index contributed by atoms with van der Waals surface area (Å²) in [5, 5.41) is 7.39. The van der Waals surface area contributed by atoms with E-state index in [9.17, 15) is 0 Å². The van der Waals surface area contributed by atoms with E-state index in [0.29, 0.717) is 0 Å². The number of hydrogen-bond donors (Lipinski definition) is 0. The van der Waals surface area contributed by atoms with Crippen LogP contribution in [0.15, 0.2) is 134 Å². The lowest BCUT2D eigenvalue weighted by molar-refractivity contribution is 1.09. The van der Waals surface area contributed by atoms with Gasteiger partial charge < -0.3 is 4.40 Å². The van der Waals surface area contributed by atoms with Crippen molar-refractivity contribution < 1.29 is 0 Å². The third kappa shape index (κ3) is 2.85. The molecule has 9 aromatic rings. The molecular formula is C36H22N4. The molecule has 0 bridgehead atoms. The van der Waals surface area contributed by atoms with Crippen LogP contribution in [-0.2, 0) is 0 Å². The molecule has 0 saturated heterocycles. The lowest BCUT2D eigenvalue weighted by atomic mass is 10.0. The van der Waals surface area contributed by atoms with Crippen molar-refractivity contribution in [1.29, 1.82) is 0 Å². The molecule has 0 aliphatic heterocycles. The maximum Gasteiger partial charge on any atom is 0.138 e. The summed E-state index contributed by atoms with van der Waals surface area (Å²) in [5.41, 5.74) is 7.87. The fourth-order valence-electron chi connectivity index (χ4n) is 6.50. The Hall–Kier alpha value is -5.48. The standard InChI is InChI=1S/C36H22N4/c1-4-14-30-23(9-1)21-33-28-19-18-26-25-11-2-5-15-31(25)40(34-17-7-13-29(38-34)24-10-8-20-37-22-24)36(26)35(28)27-12-3-6-16-32(27)39(30)33/h1-22H. The van der Waals surface area contributed by atoms with Crippen molar-refractivity contribution in [2.24, 2.45) is 0 Å². The van der Waals surface area contributed by atoms with Gasteiger partial charge in [-0.1, -0.05) is 72.8 Å². The predicted molar refractivity (Wildman–Crippen MR) is 165 cm³/mol. The maximum absolute atomic E-state index is 5.19. The molecule has 5 aromatic heterocycles. The summed E-state index contributed by atoms with van der Waals surface area (Å²) in [6, 6.07) is 43.2. The number of fused-ring (bicyclic) bond motifs is 12. The highest BCUT2D eigenvalue weighted by Crippen LogP contribution is 2.42. The van der Waals surface area contributed by atoms with E-state index in [4.69, 9.17) is 4.98 Å². The fourth-order valence-corrected chi connectivity index (χ4v) is 6.50. The Labute approximate surface area is 229 Å². The molecule has 4 heteroatoms. The molecule has 0 aliphatic carbocycles. The smallest absolute Gasteiger partial charge is 0.138 e. The Morgan fingerprint density at radius 3 is 2.15 bits per heavy atom. The van der Waals surface area contributed by atoms with Crippen LogP contribution < -0.4 is 0 Å². The van der Waals surface area contributed by atoms with Crippen molar-refractivity contribution in [3.8, 4) is 17.1 Å². The molecule has 0 fully saturated rings. The zero-order chi connectivity index (χ0) is 26.2. The highest BCUT2D eigenvalue weighted by atomic mass is 15.1. The first kappa shape index (κ1) is 21.5. The molecule has 4 nitrogen and oxygen atoms in total. The first-order valence-electron chi connectivity index (χ1n) is 13.5. The Morgan fingerprint density at radius 2 is 1.27 bits per heavy atom. The first-order valence-corrected chi connectivity index (χ1v) is 13.5. The fraction of sp³-hybridized carbons (Fsp3) is 0. The van der Waals surface area contributed by atoms with Crippen LogP contribution in [0.25, 0.3) is 77.0 Å². The van der Waals surface area contributed by atoms with Crippen molar-refractivity contribution in [3.05, 3.63) is 134 Å². The van der Waals surface area contributed by atoms with Crippen LogP contribution in [0, 0.1) is 0 Å². The van der Waals surface area contributed by atoms with Gasteiger partial charge in [-0.3, -0.25) is 9.55 Å². The van der Waals surface area contributed by atoms with Crippen LogP contribution in [0.4, 0.5) is 0 Å². The average Bonchev–Trinajstić information content (AvgIpc) is 3.58. The number of hydrogen-bond acceptors (Lipinski definition) is 2. The number of rotatable bonds is 2. The quantitative estimate of drug-likeness (QED) is 0.218. The maximum atomic E-state index is 5.19. The second-order valence-electron chi connectivity index (χ2n) is 10.3. The third-order valence-electron chi connectivity index (χ3n) is 8.16. The number of pyridine rings is 3. The van der Waals surface area contributed by atoms with Crippen LogP contribution in [0.5, 0.6) is 0 Å². The summed E-state index contributed by atoms with van der Waals surface area (Å²) >= 11 is 0. The van der Waals surface area contributed by atoms with E-state index < -0.39 is 0 Å². The van der Waals surface area contributed by atoms with E-state index in [2.05, 4.69) is 129 Å². The lowest BCUT2D eigenvalue weighted by Crippen LogP contribution is -2.00. The summed E-state index contributed by atoms with van der Waals surface area (Å²) in [4.78, 5) is 9.51. The minimum absolute atomic E-state index is 0.893. The van der Waals surface area contributed by atoms with Gasteiger partial charge in [0.1, 0.15) is 5.82 Å². The van der Waals surface area contributed by atoms with Gasteiger partial charge in [-0.15, -0.1) is 0 Å². The van der Waals surface area contributed by atoms with Crippen molar-refractivity contribution in [2.45, 2.75) is 0 Å². The van der Waals surface area contributed by atoms with Crippen LogP contribution in [0.2, 0.25) is 0 Å². The van der Waals surface area contributed by atoms with E-state index >= 15 is 0 Å². The highest BCUT2D eigenvalue weighted by Gasteiger charge is 2.20. The zero-order valence-electron chi connectivity index (χ0n) is 21.5. The van der Waals surface area contributed by atoms with Gasteiger partial charge in [0.05, 0.1) is 33.3 Å². The van der Waals surface area contributed by atoms with Gasteiger partial charge in [-0.25, -0.2) is 4.98 Å². The summed E-state index contributed by atoms with van der Waals surface area (Å²) in [7, 11) is 0. The number of aromatic nitrogens is 4. The summed E-state index contributed by atoms with van der Waals surface area (Å²) in [5.74, 6) is 0.893. The Bertz CT molecular complexity index is 2430. The summed E-state index contributed by atoms with van der Waals surface area (Å²) in [6.45, 7) is 0. The van der Waals surface area contributed by atoms with Crippen molar-refractivity contribution in [3.63, 3.8) is 0 Å². The van der Waals surface area contributed by atoms with Gasteiger partial charge in [0, 0.05) is 50.3 Å². The monoisotopic (exact) mass is 510 g/mol. The van der Waals surface area contributed by atoms with Gasteiger partial charge in [0.25, 0.3) is 0 Å². The first-order chi connectivity index (χ1) is 19.9. The van der Waals surface area contributed by atoms with Gasteiger partial charge in [0.2, 0.25) is 0 Å². The van der Waals surface area contributed by atoms with Crippen molar-refractivity contribution in [1.82, 2.24) is 18.9 Å².